The Balaban J connectivity index is 2.25. The number of β-amino-alcohol motifs (C(OH)–C–C–N with tert-alkyl or cyclic N) is 1. The zero-order valence-corrected chi connectivity index (χ0v) is 13.3. The molecule has 1 N–H and O–H groups in total. The summed E-state index contributed by atoms with van der Waals surface area (Å²) < 4.78 is 5.52. The number of carbonyl (C=O) groups is 1. The van der Waals surface area contributed by atoms with Gasteiger partial charge in [-0.15, -0.1) is 0 Å². The Kier molecular flexibility index (Phi) is 4.65. The molecule has 2 rings (SSSR count). The van der Waals surface area contributed by atoms with Crippen molar-refractivity contribution < 1.29 is 14.6 Å². The summed E-state index contributed by atoms with van der Waals surface area (Å²) in [6.45, 7) is 4.18. The Morgan fingerprint density at radius 1 is 1.50 bits per heavy atom. The molecule has 6 heteroatoms. The second-order valence-electron chi connectivity index (χ2n) is 5.48. The number of pyridine rings is 1. The number of aromatic nitrogens is 1. The number of hydrogen-bond acceptors (Lipinski definition) is 4. The number of aryl methyl sites for hydroxylation is 1. The first-order valence-corrected chi connectivity index (χ1v) is 7.73. The van der Waals surface area contributed by atoms with E-state index >= 15 is 0 Å². The largest absolute Gasteiger partial charge is 0.491 e. The van der Waals surface area contributed by atoms with E-state index in [2.05, 4.69) is 20.9 Å². The molecule has 0 atom stereocenters. The highest BCUT2D eigenvalue weighted by molar-refractivity contribution is 9.09. The molecular formula is C14H19BrN2O3. The first-order valence-electron chi connectivity index (χ1n) is 6.61. The van der Waals surface area contributed by atoms with Gasteiger partial charge in [0.05, 0.1) is 24.9 Å². The smallest absolute Gasteiger partial charge is 0.228 e. The minimum Gasteiger partial charge on any atom is -0.491 e. The average Bonchev–Trinajstić information content (AvgIpc) is 2.38. The molecule has 0 fully saturated rings. The van der Waals surface area contributed by atoms with Gasteiger partial charge < -0.3 is 9.84 Å². The van der Waals surface area contributed by atoms with Gasteiger partial charge in [-0.2, -0.15) is 0 Å². The van der Waals surface area contributed by atoms with Crippen molar-refractivity contribution in [2.45, 2.75) is 32.3 Å². The molecule has 0 bridgehead atoms. The molecule has 0 spiro atoms. The molecule has 5 nitrogen and oxygen atoms in total. The lowest BCUT2D eigenvalue weighted by atomic mass is 10.0. The monoisotopic (exact) mass is 342 g/mol. The SMILES string of the molecule is CC(C)(O)CN1C(=O)CCc2cc(OCCBr)cnc21. The lowest BCUT2D eigenvalue weighted by molar-refractivity contribution is -0.119. The minimum absolute atomic E-state index is 0.00116. The molecule has 2 heterocycles. The molecule has 0 radical (unpaired) electrons. The summed E-state index contributed by atoms with van der Waals surface area (Å²) in [7, 11) is 0. The van der Waals surface area contributed by atoms with Crippen LogP contribution in [-0.2, 0) is 11.2 Å². The van der Waals surface area contributed by atoms with Crippen LogP contribution in [0.15, 0.2) is 12.3 Å². The molecule has 1 aromatic heterocycles. The van der Waals surface area contributed by atoms with Crippen LogP contribution in [0.25, 0.3) is 0 Å². The standard InChI is InChI=1S/C14H19BrN2O3/c1-14(2,19)9-17-12(18)4-3-10-7-11(20-6-5-15)8-16-13(10)17/h7-8,19H,3-6,9H2,1-2H3. The van der Waals surface area contributed by atoms with Gasteiger partial charge in [-0.3, -0.25) is 9.69 Å². The zero-order chi connectivity index (χ0) is 14.8. The van der Waals surface area contributed by atoms with E-state index in [0.717, 1.165) is 10.9 Å². The number of alkyl halides is 1. The normalized spacial score (nSPS) is 15.2. The van der Waals surface area contributed by atoms with E-state index in [0.29, 0.717) is 31.0 Å². The second-order valence-corrected chi connectivity index (χ2v) is 6.28. The van der Waals surface area contributed by atoms with Gasteiger partial charge in [0, 0.05) is 11.8 Å². The predicted molar refractivity (Wildman–Crippen MR) is 80.5 cm³/mol. The number of ether oxygens (including phenoxy) is 1. The van der Waals surface area contributed by atoms with Crippen molar-refractivity contribution in [1.82, 2.24) is 4.98 Å². The van der Waals surface area contributed by atoms with E-state index in [4.69, 9.17) is 4.74 Å². The highest BCUT2D eigenvalue weighted by atomic mass is 79.9. The van der Waals surface area contributed by atoms with Crippen molar-refractivity contribution in [1.29, 1.82) is 0 Å². The van der Waals surface area contributed by atoms with E-state index < -0.39 is 5.60 Å². The Hall–Kier alpha value is -1.14. The van der Waals surface area contributed by atoms with E-state index in [-0.39, 0.29) is 12.5 Å². The number of hydrogen-bond donors (Lipinski definition) is 1. The van der Waals surface area contributed by atoms with Gasteiger partial charge in [0.15, 0.2) is 0 Å². The molecule has 1 aliphatic heterocycles. The maximum absolute atomic E-state index is 12.0. The van der Waals surface area contributed by atoms with E-state index in [9.17, 15) is 9.90 Å². The molecule has 0 aromatic carbocycles. The van der Waals surface area contributed by atoms with Gasteiger partial charge in [-0.1, -0.05) is 15.9 Å². The third-order valence-corrected chi connectivity index (χ3v) is 3.30. The summed E-state index contributed by atoms with van der Waals surface area (Å²) in [4.78, 5) is 17.9. The molecule has 110 valence electrons. The molecule has 0 saturated carbocycles. The molecule has 1 aromatic rings. The Bertz CT molecular complexity index is 500. The molecule has 1 amide bonds. The lowest BCUT2D eigenvalue weighted by Gasteiger charge is -2.32. The van der Waals surface area contributed by atoms with Crippen molar-refractivity contribution in [2.75, 3.05) is 23.4 Å². The molecule has 0 saturated heterocycles. The fourth-order valence-corrected chi connectivity index (χ4v) is 2.35. The van der Waals surface area contributed by atoms with Crippen molar-refractivity contribution >= 4 is 27.7 Å². The number of rotatable bonds is 5. The van der Waals surface area contributed by atoms with Crippen LogP contribution < -0.4 is 9.64 Å². The summed E-state index contributed by atoms with van der Waals surface area (Å²) in [5.41, 5.74) is 0.0396. The fourth-order valence-electron chi connectivity index (χ4n) is 2.19. The average molecular weight is 343 g/mol. The summed E-state index contributed by atoms with van der Waals surface area (Å²) in [5, 5.41) is 10.7. The molecule has 20 heavy (non-hydrogen) atoms. The predicted octanol–water partition coefficient (Wildman–Crippen LogP) is 1.91. The van der Waals surface area contributed by atoms with Gasteiger partial charge in [0.25, 0.3) is 0 Å². The van der Waals surface area contributed by atoms with Crippen LogP contribution in [0, 0.1) is 0 Å². The number of anilines is 1. The summed E-state index contributed by atoms with van der Waals surface area (Å²) in [5.74, 6) is 1.34. The summed E-state index contributed by atoms with van der Waals surface area (Å²) in [6.07, 6.45) is 2.72. The van der Waals surface area contributed by atoms with Gasteiger partial charge in [-0.05, 0) is 31.9 Å². The molecule has 1 aliphatic rings. The number of aliphatic hydroxyl groups is 1. The van der Waals surface area contributed by atoms with Crippen LogP contribution in [-0.4, -0.2) is 40.1 Å². The van der Waals surface area contributed by atoms with E-state index in [1.54, 1.807) is 24.9 Å². The van der Waals surface area contributed by atoms with E-state index in [1.807, 2.05) is 6.07 Å². The van der Waals surface area contributed by atoms with Crippen LogP contribution in [0.4, 0.5) is 5.82 Å². The van der Waals surface area contributed by atoms with E-state index in [1.165, 1.54) is 0 Å². The topological polar surface area (TPSA) is 62.7 Å². The number of fused-ring (bicyclic) bond motifs is 1. The second kappa shape index (κ2) is 6.10. The van der Waals surface area contributed by atoms with Gasteiger partial charge >= 0.3 is 0 Å². The maximum atomic E-state index is 12.0. The Morgan fingerprint density at radius 3 is 2.90 bits per heavy atom. The number of halogens is 1. The maximum Gasteiger partial charge on any atom is 0.228 e. The highest BCUT2D eigenvalue weighted by Crippen LogP contribution is 2.29. The van der Waals surface area contributed by atoms with Gasteiger partial charge in [-0.25, -0.2) is 4.98 Å². The first kappa shape index (κ1) is 15.3. The number of nitrogens with zero attached hydrogens (tertiary/aromatic N) is 2. The third-order valence-electron chi connectivity index (χ3n) is 2.97. The van der Waals surface area contributed by atoms with Crippen molar-refractivity contribution in [3.63, 3.8) is 0 Å². The third kappa shape index (κ3) is 3.70. The summed E-state index contributed by atoms with van der Waals surface area (Å²) in [6, 6.07) is 1.93. The minimum atomic E-state index is -0.947. The van der Waals surface area contributed by atoms with Crippen LogP contribution in [0.5, 0.6) is 5.75 Å². The first-order chi connectivity index (χ1) is 9.40. The molecule has 0 aliphatic carbocycles. The van der Waals surface area contributed by atoms with Crippen LogP contribution in [0.2, 0.25) is 0 Å². The van der Waals surface area contributed by atoms with Crippen molar-refractivity contribution in [2.24, 2.45) is 0 Å². The van der Waals surface area contributed by atoms with Crippen LogP contribution in [0.3, 0.4) is 0 Å². The number of amides is 1. The van der Waals surface area contributed by atoms with Gasteiger partial charge in [0.1, 0.15) is 11.6 Å². The summed E-state index contributed by atoms with van der Waals surface area (Å²) >= 11 is 3.31. The van der Waals surface area contributed by atoms with Crippen molar-refractivity contribution in [3.8, 4) is 5.75 Å². The van der Waals surface area contributed by atoms with Crippen LogP contribution in [0.1, 0.15) is 25.8 Å². The highest BCUT2D eigenvalue weighted by Gasteiger charge is 2.30. The quantitative estimate of drug-likeness (QED) is 0.830. The van der Waals surface area contributed by atoms with Crippen LogP contribution >= 0.6 is 15.9 Å². The molecule has 0 unspecified atom stereocenters. The number of carbonyl (C=O) groups excluding carboxylic acids is 1. The van der Waals surface area contributed by atoms with Gasteiger partial charge in [0.2, 0.25) is 5.91 Å². The lowest BCUT2D eigenvalue weighted by Crippen LogP contribution is -2.45. The van der Waals surface area contributed by atoms with Crippen molar-refractivity contribution in [3.05, 3.63) is 17.8 Å². The Labute approximate surface area is 127 Å². The fraction of sp³-hybridized carbons (Fsp3) is 0.571. The Morgan fingerprint density at radius 2 is 2.25 bits per heavy atom. The zero-order valence-electron chi connectivity index (χ0n) is 11.7. The molecular weight excluding hydrogens is 324 g/mol.